The summed E-state index contributed by atoms with van der Waals surface area (Å²) in [4.78, 5) is 0. The maximum atomic E-state index is 5.82. The van der Waals surface area contributed by atoms with Gasteiger partial charge in [0.25, 0.3) is 0 Å². The van der Waals surface area contributed by atoms with E-state index in [1.54, 1.807) is 7.11 Å². The highest BCUT2D eigenvalue weighted by molar-refractivity contribution is 5.84. The quantitative estimate of drug-likeness (QED) is 0.524. The molecule has 3 aromatic rings. The Kier molecular flexibility index (Phi) is 6.23. The number of ether oxygens (including phenoxy) is 2. The Morgan fingerprint density at radius 1 is 0.852 bits per heavy atom. The van der Waals surface area contributed by atoms with Gasteiger partial charge in [-0.05, 0) is 52.4 Å². The van der Waals surface area contributed by atoms with Gasteiger partial charge in [-0.25, -0.2) is 0 Å². The molecule has 3 heteroatoms. The number of nitrogens with one attached hydrogen (secondary N) is 1. The zero-order chi connectivity index (χ0) is 19.2. The predicted octanol–water partition coefficient (Wildman–Crippen LogP) is 6.10. The minimum absolute atomic E-state index is 0.400. The van der Waals surface area contributed by atoms with Gasteiger partial charge in [0.15, 0.2) is 0 Å². The summed E-state index contributed by atoms with van der Waals surface area (Å²) >= 11 is 0. The van der Waals surface area contributed by atoms with E-state index in [0.29, 0.717) is 11.8 Å². The summed E-state index contributed by atoms with van der Waals surface area (Å²) in [5, 5.41) is 5.98. The van der Waals surface area contributed by atoms with Gasteiger partial charge < -0.3 is 14.8 Å². The maximum absolute atomic E-state index is 5.82. The summed E-state index contributed by atoms with van der Waals surface area (Å²) in [6, 6.07) is 21.0. The third-order valence-corrected chi connectivity index (χ3v) is 4.67. The molecule has 0 aliphatic carbocycles. The second-order valence-electron chi connectivity index (χ2n) is 7.49. The van der Waals surface area contributed by atoms with Gasteiger partial charge in [0, 0.05) is 18.3 Å². The van der Waals surface area contributed by atoms with Crippen LogP contribution in [0, 0.1) is 5.92 Å². The van der Waals surface area contributed by atoms with Gasteiger partial charge in [-0.2, -0.15) is 0 Å². The van der Waals surface area contributed by atoms with Gasteiger partial charge in [-0.3, -0.25) is 0 Å². The standard InChI is InChI=1S/C24H29NO2/c1-17(2)16-27-24-7-5-6-22(14-24)25-15-18(3)19-8-9-21-13-23(26-4)11-10-20(21)12-19/h5-14,17-18,25H,15-16H2,1-4H3. The molecule has 1 unspecified atom stereocenters. The molecule has 0 saturated heterocycles. The molecular weight excluding hydrogens is 334 g/mol. The van der Waals surface area contributed by atoms with Crippen LogP contribution in [0.1, 0.15) is 32.3 Å². The summed E-state index contributed by atoms with van der Waals surface area (Å²) in [5.74, 6) is 2.73. The van der Waals surface area contributed by atoms with Gasteiger partial charge in [0.2, 0.25) is 0 Å². The van der Waals surface area contributed by atoms with E-state index in [1.807, 2.05) is 18.2 Å². The largest absolute Gasteiger partial charge is 0.497 e. The molecule has 0 bridgehead atoms. The molecule has 142 valence electrons. The Bertz CT molecular complexity index is 888. The van der Waals surface area contributed by atoms with Crippen LogP contribution in [-0.2, 0) is 0 Å². The molecule has 0 spiro atoms. The fourth-order valence-corrected chi connectivity index (χ4v) is 3.02. The average Bonchev–Trinajstić information content (AvgIpc) is 2.70. The highest BCUT2D eigenvalue weighted by Gasteiger charge is 2.08. The summed E-state index contributed by atoms with van der Waals surface area (Å²) in [6.45, 7) is 8.17. The lowest BCUT2D eigenvalue weighted by atomic mass is 9.97. The molecule has 0 fully saturated rings. The van der Waals surface area contributed by atoms with Crippen molar-refractivity contribution in [2.24, 2.45) is 5.92 Å². The number of anilines is 1. The van der Waals surface area contributed by atoms with Gasteiger partial charge in [0.1, 0.15) is 11.5 Å². The first-order valence-electron chi connectivity index (χ1n) is 9.59. The lowest BCUT2D eigenvalue weighted by Gasteiger charge is -2.16. The van der Waals surface area contributed by atoms with Crippen molar-refractivity contribution < 1.29 is 9.47 Å². The number of benzene rings is 3. The normalized spacial score (nSPS) is 12.2. The van der Waals surface area contributed by atoms with E-state index in [2.05, 4.69) is 68.6 Å². The summed E-state index contributed by atoms with van der Waals surface area (Å²) in [6.07, 6.45) is 0. The van der Waals surface area contributed by atoms with Crippen LogP contribution in [0.3, 0.4) is 0 Å². The molecule has 0 saturated carbocycles. The molecule has 0 radical (unpaired) electrons. The number of rotatable bonds is 8. The predicted molar refractivity (Wildman–Crippen MR) is 114 cm³/mol. The van der Waals surface area contributed by atoms with Crippen LogP contribution in [0.4, 0.5) is 5.69 Å². The van der Waals surface area contributed by atoms with Gasteiger partial charge in [-0.15, -0.1) is 0 Å². The van der Waals surface area contributed by atoms with Crippen molar-refractivity contribution in [3.05, 3.63) is 66.2 Å². The lowest BCUT2D eigenvalue weighted by Crippen LogP contribution is -2.10. The number of fused-ring (bicyclic) bond motifs is 1. The number of hydrogen-bond donors (Lipinski definition) is 1. The van der Waals surface area contributed by atoms with Crippen molar-refractivity contribution in [2.45, 2.75) is 26.7 Å². The molecule has 0 aliphatic heterocycles. The Morgan fingerprint density at radius 2 is 1.63 bits per heavy atom. The molecule has 1 atom stereocenters. The van der Waals surface area contributed by atoms with Crippen molar-refractivity contribution in [3.63, 3.8) is 0 Å². The third-order valence-electron chi connectivity index (χ3n) is 4.67. The molecule has 0 aromatic heterocycles. The monoisotopic (exact) mass is 363 g/mol. The van der Waals surface area contributed by atoms with Crippen LogP contribution >= 0.6 is 0 Å². The molecule has 0 amide bonds. The fourth-order valence-electron chi connectivity index (χ4n) is 3.02. The Balaban J connectivity index is 1.64. The minimum Gasteiger partial charge on any atom is -0.497 e. The van der Waals surface area contributed by atoms with Crippen LogP contribution < -0.4 is 14.8 Å². The molecule has 1 N–H and O–H groups in total. The van der Waals surface area contributed by atoms with E-state index in [1.165, 1.54) is 16.3 Å². The zero-order valence-electron chi connectivity index (χ0n) is 16.7. The smallest absolute Gasteiger partial charge is 0.121 e. The van der Waals surface area contributed by atoms with Gasteiger partial charge in [-0.1, -0.05) is 51.1 Å². The SMILES string of the molecule is COc1ccc2cc(C(C)CNc3cccc(OCC(C)C)c3)ccc2c1. The summed E-state index contributed by atoms with van der Waals surface area (Å²) in [7, 11) is 1.70. The number of methoxy groups -OCH3 is 1. The zero-order valence-corrected chi connectivity index (χ0v) is 16.7. The molecule has 0 heterocycles. The Morgan fingerprint density at radius 3 is 2.41 bits per heavy atom. The van der Waals surface area contributed by atoms with Crippen molar-refractivity contribution in [1.82, 2.24) is 0 Å². The molecule has 27 heavy (non-hydrogen) atoms. The van der Waals surface area contributed by atoms with Crippen molar-refractivity contribution >= 4 is 16.5 Å². The summed E-state index contributed by atoms with van der Waals surface area (Å²) in [5.41, 5.74) is 2.42. The van der Waals surface area contributed by atoms with E-state index in [-0.39, 0.29) is 0 Å². The highest BCUT2D eigenvalue weighted by atomic mass is 16.5. The Labute approximate surface area is 162 Å². The first kappa shape index (κ1) is 19.1. The Hall–Kier alpha value is -2.68. The number of hydrogen-bond acceptors (Lipinski definition) is 3. The molecular formula is C24H29NO2. The van der Waals surface area contributed by atoms with Gasteiger partial charge >= 0.3 is 0 Å². The fraction of sp³-hybridized carbons (Fsp3) is 0.333. The van der Waals surface area contributed by atoms with Crippen LogP contribution in [0.2, 0.25) is 0 Å². The van der Waals surface area contributed by atoms with E-state index in [9.17, 15) is 0 Å². The molecule has 3 rings (SSSR count). The van der Waals surface area contributed by atoms with E-state index in [4.69, 9.17) is 9.47 Å². The average molecular weight is 364 g/mol. The highest BCUT2D eigenvalue weighted by Crippen LogP contribution is 2.26. The van der Waals surface area contributed by atoms with E-state index in [0.717, 1.165) is 30.3 Å². The van der Waals surface area contributed by atoms with Gasteiger partial charge in [0.05, 0.1) is 13.7 Å². The van der Waals surface area contributed by atoms with Crippen molar-refractivity contribution in [3.8, 4) is 11.5 Å². The molecule has 3 nitrogen and oxygen atoms in total. The second kappa shape index (κ2) is 8.81. The molecule has 0 aliphatic rings. The third kappa shape index (κ3) is 5.16. The minimum atomic E-state index is 0.400. The lowest BCUT2D eigenvalue weighted by molar-refractivity contribution is 0.271. The van der Waals surface area contributed by atoms with Crippen LogP contribution in [0.15, 0.2) is 60.7 Å². The first-order chi connectivity index (χ1) is 13.0. The van der Waals surface area contributed by atoms with E-state index >= 15 is 0 Å². The summed E-state index contributed by atoms with van der Waals surface area (Å²) < 4.78 is 11.1. The molecule has 3 aromatic carbocycles. The van der Waals surface area contributed by atoms with Crippen LogP contribution in [0.25, 0.3) is 10.8 Å². The topological polar surface area (TPSA) is 30.5 Å². The maximum Gasteiger partial charge on any atom is 0.121 e. The van der Waals surface area contributed by atoms with Crippen molar-refractivity contribution in [1.29, 1.82) is 0 Å². The first-order valence-corrected chi connectivity index (χ1v) is 9.59. The van der Waals surface area contributed by atoms with E-state index < -0.39 is 0 Å². The van der Waals surface area contributed by atoms with Crippen molar-refractivity contribution in [2.75, 3.05) is 25.6 Å². The second-order valence-corrected chi connectivity index (χ2v) is 7.49. The van der Waals surface area contributed by atoms with Crippen LogP contribution in [0.5, 0.6) is 11.5 Å². The van der Waals surface area contributed by atoms with Crippen LogP contribution in [-0.4, -0.2) is 20.3 Å².